The van der Waals surface area contributed by atoms with E-state index < -0.39 is 0 Å². The lowest BCUT2D eigenvalue weighted by molar-refractivity contribution is 0.262. The molecular weight excluding hydrogens is 260 g/mol. The lowest BCUT2D eigenvalue weighted by atomic mass is 10.1. The first-order valence-electron chi connectivity index (χ1n) is 7.39. The molecule has 0 unspecified atom stereocenters. The highest BCUT2D eigenvalue weighted by Crippen LogP contribution is 2.21. The first kappa shape index (κ1) is 15.1. The minimum atomic E-state index is -0.205. The van der Waals surface area contributed by atoms with Crippen LogP contribution in [0.5, 0.6) is 0 Å². The predicted octanol–water partition coefficient (Wildman–Crippen LogP) is 4.76. The van der Waals surface area contributed by atoms with Crippen molar-refractivity contribution in [2.75, 3.05) is 10.6 Å². The fourth-order valence-electron chi connectivity index (χ4n) is 2.30. The highest BCUT2D eigenvalue weighted by Gasteiger charge is 2.08. The normalized spacial score (nSPS) is 10.2. The van der Waals surface area contributed by atoms with Crippen molar-refractivity contribution in [2.24, 2.45) is 0 Å². The maximum atomic E-state index is 12.1. The Bertz CT molecular complexity index is 618. The summed E-state index contributed by atoms with van der Waals surface area (Å²) >= 11 is 0. The fraction of sp³-hybridized carbons (Fsp3) is 0.278. The molecule has 110 valence electrons. The summed E-state index contributed by atoms with van der Waals surface area (Å²) in [7, 11) is 0. The van der Waals surface area contributed by atoms with Gasteiger partial charge in [-0.1, -0.05) is 44.2 Å². The number of carbonyl (C=O) groups excluding carboxylic acids is 1. The Morgan fingerprint density at radius 2 is 1.67 bits per heavy atom. The van der Waals surface area contributed by atoms with E-state index in [9.17, 15) is 4.79 Å². The van der Waals surface area contributed by atoms with Gasteiger partial charge in [-0.25, -0.2) is 4.79 Å². The second-order valence-electron chi connectivity index (χ2n) is 5.09. The van der Waals surface area contributed by atoms with E-state index in [0.717, 1.165) is 35.3 Å². The molecule has 0 saturated carbocycles. The monoisotopic (exact) mass is 282 g/mol. The van der Waals surface area contributed by atoms with Crippen molar-refractivity contribution in [1.82, 2.24) is 0 Å². The van der Waals surface area contributed by atoms with Gasteiger partial charge in [0.05, 0.1) is 0 Å². The van der Waals surface area contributed by atoms with E-state index >= 15 is 0 Å². The van der Waals surface area contributed by atoms with Crippen LogP contribution in [0.4, 0.5) is 16.2 Å². The Morgan fingerprint density at radius 1 is 0.952 bits per heavy atom. The minimum absolute atomic E-state index is 0.205. The van der Waals surface area contributed by atoms with Gasteiger partial charge in [-0.05, 0) is 48.6 Å². The van der Waals surface area contributed by atoms with Crippen LogP contribution in [0.25, 0.3) is 0 Å². The maximum Gasteiger partial charge on any atom is 0.323 e. The largest absolute Gasteiger partial charge is 0.323 e. The lowest BCUT2D eigenvalue weighted by Crippen LogP contribution is -2.20. The van der Waals surface area contributed by atoms with E-state index in [1.165, 1.54) is 5.56 Å². The van der Waals surface area contributed by atoms with Gasteiger partial charge in [0.2, 0.25) is 0 Å². The van der Waals surface area contributed by atoms with Gasteiger partial charge in [0.1, 0.15) is 0 Å². The molecule has 0 saturated heterocycles. The number of para-hydroxylation sites is 1. The zero-order valence-corrected chi connectivity index (χ0v) is 12.9. The average molecular weight is 282 g/mol. The van der Waals surface area contributed by atoms with Gasteiger partial charge in [0.15, 0.2) is 0 Å². The Hall–Kier alpha value is -2.29. The van der Waals surface area contributed by atoms with Crippen LogP contribution in [-0.4, -0.2) is 6.03 Å². The molecule has 0 fully saturated rings. The molecule has 0 aromatic heterocycles. The summed E-state index contributed by atoms with van der Waals surface area (Å²) in [6.45, 7) is 6.20. The van der Waals surface area contributed by atoms with Crippen molar-refractivity contribution in [3.8, 4) is 0 Å². The van der Waals surface area contributed by atoms with Crippen LogP contribution in [0.3, 0.4) is 0 Å². The number of hydrogen-bond donors (Lipinski definition) is 2. The van der Waals surface area contributed by atoms with Gasteiger partial charge >= 0.3 is 6.03 Å². The number of aryl methyl sites for hydroxylation is 3. The predicted molar refractivity (Wildman–Crippen MR) is 89.0 cm³/mol. The number of hydrogen-bond acceptors (Lipinski definition) is 1. The quantitative estimate of drug-likeness (QED) is 0.833. The summed E-state index contributed by atoms with van der Waals surface area (Å²) < 4.78 is 0. The summed E-state index contributed by atoms with van der Waals surface area (Å²) in [5, 5.41) is 5.83. The molecule has 0 aliphatic heterocycles. The van der Waals surface area contributed by atoms with Crippen LogP contribution in [0.1, 0.15) is 30.5 Å². The first-order valence-corrected chi connectivity index (χ1v) is 7.39. The fourth-order valence-corrected chi connectivity index (χ4v) is 2.30. The van der Waals surface area contributed by atoms with Crippen molar-refractivity contribution in [3.05, 3.63) is 59.2 Å². The average Bonchev–Trinajstić information content (AvgIpc) is 2.50. The molecule has 0 aliphatic rings. The van der Waals surface area contributed by atoms with Gasteiger partial charge in [-0.15, -0.1) is 0 Å². The number of nitrogens with one attached hydrogen (secondary N) is 2. The molecule has 2 rings (SSSR count). The number of anilines is 2. The topological polar surface area (TPSA) is 41.1 Å². The zero-order chi connectivity index (χ0) is 15.2. The second kappa shape index (κ2) is 6.93. The van der Waals surface area contributed by atoms with Gasteiger partial charge in [-0.2, -0.15) is 0 Å². The number of rotatable bonds is 4. The van der Waals surface area contributed by atoms with Crippen molar-refractivity contribution < 1.29 is 4.79 Å². The number of urea groups is 1. The Labute approximate surface area is 126 Å². The molecule has 0 spiro atoms. The Kier molecular flexibility index (Phi) is 4.99. The summed E-state index contributed by atoms with van der Waals surface area (Å²) in [5.74, 6) is 0. The first-order chi connectivity index (χ1) is 10.1. The standard InChI is InChI=1S/C18H22N2O/c1-4-14-9-11-16(12-10-14)19-18(21)20-17-13(3)7-6-8-15(17)5-2/h6-12H,4-5H2,1-3H3,(H2,19,20,21). The van der Waals surface area contributed by atoms with Gasteiger partial charge in [0.25, 0.3) is 0 Å². The second-order valence-corrected chi connectivity index (χ2v) is 5.09. The Morgan fingerprint density at radius 3 is 2.29 bits per heavy atom. The van der Waals surface area contributed by atoms with E-state index in [2.05, 4.69) is 24.5 Å². The molecule has 0 bridgehead atoms. The van der Waals surface area contributed by atoms with Crippen LogP contribution >= 0.6 is 0 Å². The molecule has 2 amide bonds. The third-order valence-corrected chi connectivity index (χ3v) is 3.60. The molecule has 0 atom stereocenters. The smallest absolute Gasteiger partial charge is 0.308 e. The molecule has 21 heavy (non-hydrogen) atoms. The van der Waals surface area contributed by atoms with Crippen molar-refractivity contribution >= 4 is 17.4 Å². The van der Waals surface area contributed by atoms with E-state index in [1.54, 1.807) is 0 Å². The maximum absolute atomic E-state index is 12.1. The van der Waals surface area contributed by atoms with Crippen molar-refractivity contribution in [2.45, 2.75) is 33.6 Å². The molecular formula is C18H22N2O. The van der Waals surface area contributed by atoms with Crippen LogP contribution in [0, 0.1) is 6.92 Å². The molecule has 2 aromatic rings. The van der Waals surface area contributed by atoms with Gasteiger partial charge in [0, 0.05) is 11.4 Å². The van der Waals surface area contributed by atoms with Gasteiger partial charge < -0.3 is 10.6 Å². The molecule has 3 heteroatoms. The van der Waals surface area contributed by atoms with Crippen molar-refractivity contribution in [3.63, 3.8) is 0 Å². The Balaban J connectivity index is 2.08. The van der Waals surface area contributed by atoms with E-state index in [0.29, 0.717) is 0 Å². The van der Waals surface area contributed by atoms with Crippen LogP contribution in [-0.2, 0) is 12.8 Å². The number of benzene rings is 2. The van der Waals surface area contributed by atoms with Crippen LogP contribution in [0.2, 0.25) is 0 Å². The molecule has 0 aliphatic carbocycles. The summed E-state index contributed by atoms with van der Waals surface area (Å²) in [4.78, 5) is 12.1. The SMILES string of the molecule is CCc1ccc(NC(=O)Nc2c(C)cccc2CC)cc1. The van der Waals surface area contributed by atoms with Crippen LogP contribution in [0.15, 0.2) is 42.5 Å². The third-order valence-electron chi connectivity index (χ3n) is 3.60. The molecule has 2 aromatic carbocycles. The lowest BCUT2D eigenvalue weighted by Gasteiger charge is -2.13. The molecule has 0 radical (unpaired) electrons. The zero-order valence-electron chi connectivity index (χ0n) is 12.9. The molecule has 3 nitrogen and oxygen atoms in total. The number of carbonyl (C=O) groups is 1. The van der Waals surface area contributed by atoms with Crippen LogP contribution < -0.4 is 10.6 Å². The number of amides is 2. The highest BCUT2D eigenvalue weighted by atomic mass is 16.2. The summed E-state index contributed by atoms with van der Waals surface area (Å²) in [6.07, 6.45) is 1.89. The van der Waals surface area contributed by atoms with E-state index in [4.69, 9.17) is 0 Å². The van der Waals surface area contributed by atoms with Gasteiger partial charge in [-0.3, -0.25) is 0 Å². The summed E-state index contributed by atoms with van der Waals surface area (Å²) in [6, 6.07) is 13.8. The van der Waals surface area contributed by atoms with Crippen molar-refractivity contribution in [1.29, 1.82) is 0 Å². The molecule has 2 N–H and O–H groups in total. The van der Waals surface area contributed by atoms with E-state index in [1.807, 2.05) is 49.4 Å². The summed E-state index contributed by atoms with van der Waals surface area (Å²) in [5.41, 5.74) is 5.18. The minimum Gasteiger partial charge on any atom is -0.308 e. The highest BCUT2D eigenvalue weighted by molar-refractivity contribution is 6.00. The third kappa shape index (κ3) is 3.85. The molecule has 0 heterocycles. The van der Waals surface area contributed by atoms with E-state index in [-0.39, 0.29) is 6.03 Å².